The summed E-state index contributed by atoms with van der Waals surface area (Å²) in [5, 5.41) is 8.94. The second kappa shape index (κ2) is 7.00. The molecule has 3 heteroatoms. The van der Waals surface area contributed by atoms with Gasteiger partial charge in [-0.1, -0.05) is 13.8 Å². The number of carbonyl (C=O) groups is 1. The van der Waals surface area contributed by atoms with Crippen LogP contribution in [0.1, 0.15) is 46.0 Å². The Hall–Kier alpha value is -0.570. The summed E-state index contributed by atoms with van der Waals surface area (Å²) in [5.74, 6) is 0.798. The van der Waals surface area contributed by atoms with Gasteiger partial charge in [-0.2, -0.15) is 0 Å². The third-order valence-electron chi connectivity index (χ3n) is 3.85. The van der Waals surface area contributed by atoms with E-state index in [1.165, 1.54) is 6.42 Å². The molecule has 1 aliphatic rings. The fourth-order valence-electron chi connectivity index (χ4n) is 2.60. The molecular weight excluding hydrogens is 214 g/mol. The smallest absolute Gasteiger partial charge is 0.306 e. The third-order valence-corrected chi connectivity index (χ3v) is 3.85. The van der Waals surface area contributed by atoms with Crippen LogP contribution in [0.3, 0.4) is 0 Å². The minimum absolute atomic E-state index is 0.0766. The highest BCUT2D eigenvalue weighted by Gasteiger charge is 2.26. The van der Waals surface area contributed by atoms with Crippen LogP contribution in [0.2, 0.25) is 0 Å². The van der Waals surface area contributed by atoms with Crippen molar-refractivity contribution in [3.05, 3.63) is 0 Å². The maximum atomic E-state index is 10.9. The molecular formula is C14H27NO2. The van der Waals surface area contributed by atoms with Crippen molar-refractivity contribution in [2.24, 2.45) is 17.8 Å². The van der Waals surface area contributed by atoms with Gasteiger partial charge in [0.1, 0.15) is 0 Å². The van der Waals surface area contributed by atoms with Crippen LogP contribution in [0.5, 0.6) is 0 Å². The average Bonchev–Trinajstić information content (AvgIpc) is 2.27. The zero-order valence-corrected chi connectivity index (χ0v) is 11.5. The maximum absolute atomic E-state index is 10.9. The van der Waals surface area contributed by atoms with Crippen LogP contribution in [0.25, 0.3) is 0 Å². The molecule has 0 unspecified atom stereocenters. The van der Waals surface area contributed by atoms with Crippen LogP contribution in [-0.2, 0) is 4.79 Å². The molecule has 0 radical (unpaired) electrons. The highest BCUT2D eigenvalue weighted by atomic mass is 16.4. The van der Waals surface area contributed by atoms with E-state index in [0.717, 1.165) is 44.7 Å². The second-order valence-electron chi connectivity index (χ2n) is 6.00. The highest BCUT2D eigenvalue weighted by Crippen LogP contribution is 2.29. The van der Waals surface area contributed by atoms with Gasteiger partial charge in [0.2, 0.25) is 0 Å². The van der Waals surface area contributed by atoms with Crippen molar-refractivity contribution < 1.29 is 9.90 Å². The molecule has 0 aromatic carbocycles. The Balaban J connectivity index is 2.19. The predicted molar refractivity (Wildman–Crippen MR) is 70.0 cm³/mol. The molecule has 0 amide bonds. The zero-order chi connectivity index (χ0) is 12.8. The fraction of sp³-hybridized carbons (Fsp3) is 0.929. The topological polar surface area (TPSA) is 40.5 Å². The number of rotatable bonds is 6. The minimum Gasteiger partial charge on any atom is -0.481 e. The summed E-state index contributed by atoms with van der Waals surface area (Å²) in [6, 6.07) is 0. The minimum atomic E-state index is -0.600. The van der Waals surface area contributed by atoms with E-state index in [2.05, 4.69) is 25.8 Å². The van der Waals surface area contributed by atoms with Crippen LogP contribution in [0.15, 0.2) is 0 Å². The van der Waals surface area contributed by atoms with Gasteiger partial charge >= 0.3 is 5.97 Å². The van der Waals surface area contributed by atoms with Crippen molar-refractivity contribution >= 4 is 5.97 Å². The number of hydrogen-bond donors (Lipinski definition) is 1. The van der Waals surface area contributed by atoms with Gasteiger partial charge in [-0.15, -0.1) is 0 Å². The van der Waals surface area contributed by atoms with Gasteiger partial charge in [-0.25, -0.2) is 0 Å². The van der Waals surface area contributed by atoms with Crippen LogP contribution >= 0.6 is 0 Å². The van der Waals surface area contributed by atoms with E-state index in [1.807, 2.05) is 0 Å². The molecule has 0 aliphatic heterocycles. The molecule has 1 aliphatic carbocycles. The fourth-order valence-corrected chi connectivity index (χ4v) is 2.60. The molecule has 0 atom stereocenters. The number of aliphatic carboxylic acids is 1. The van der Waals surface area contributed by atoms with Gasteiger partial charge < -0.3 is 10.0 Å². The largest absolute Gasteiger partial charge is 0.481 e. The summed E-state index contributed by atoms with van der Waals surface area (Å²) in [4.78, 5) is 13.3. The Kier molecular flexibility index (Phi) is 5.96. The van der Waals surface area contributed by atoms with E-state index in [4.69, 9.17) is 5.11 Å². The van der Waals surface area contributed by atoms with Gasteiger partial charge in [0.15, 0.2) is 0 Å². The molecule has 0 spiro atoms. The van der Waals surface area contributed by atoms with Gasteiger partial charge in [0.25, 0.3) is 0 Å². The summed E-state index contributed by atoms with van der Waals surface area (Å²) in [5.41, 5.74) is 0. The number of nitrogens with zero attached hydrogens (tertiary/aromatic N) is 1. The lowest BCUT2D eigenvalue weighted by atomic mass is 9.82. The summed E-state index contributed by atoms with van der Waals surface area (Å²) in [7, 11) is 2.19. The van der Waals surface area contributed by atoms with Gasteiger partial charge in [0, 0.05) is 6.54 Å². The van der Waals surface area contributed by atoms with E-state index in [9.17, 15) is 4.79 Å². The maximum Gasteiger partial charge on any atom is 0.306 e. The molecule has 0 bridgehead atoms. The van der Waals surface area contributed by atoms with Crippen LogP contribution in [0.4, 0.5) is 0 Å². The SMILES string of the molecule is CC(C)CCN(C)CC1CCC(C(=O)O)CC1. The standard InChI is InChI=1S/C14H27NO2/c1-11(2)8-9-15(3)10-12-4-6-13(7-5-12)14(16)17/h11-13H,4-10H2,1-3H3,(H,16,17). The van der Waals surface area contributed by atoms with E-state index in [0.29, 0.717) is 5.92 Å². The first-order valence-electron chi connectivity index (χ1n) is 6.90. The quantitative estimate of drug-likeness (QED) is 0.777. The van der Waals surface area contributed by atoms with Crippen molar-refractivity contribution in [3.8, 4) is 0 Å². The lowest BCUT2D eigenvalue weighted by Crippen LogP contribution is -2.31. The summed E-state index contributed by atoms with van der Waals surface area (Å²) in [6.07, 6.45) is 5.17. The summed E-state index contributed by atoms with van der Waals surface area (Å²) >= 11 is 0. The molecule has 1 saturated carbocycles. The lowest BCUT2D eigenvalue weighted by Gasteiger charge is -2.29. The number of hydrogen-bond acceptors (Lipinski definition) is 2. The van der Waals surface area contributed by atoms with Gasteiger partial charge in [0.05, 0.1) is 5.92 Å². The number of carboxylic acids is 1. The molecule has 1 rings (SSSR count). The third kappa shape index (κ3) is 5.53. The van der Waals surface area contributed by atoms with Gasteiger partial charge in [-0.05, 0) is 57.5 Å². The zero-order valence-electron chi connectivity index (χ0n) is 11.5. The monoisotopic (exact) mass is 241 g/mol. The average molecular weight is 241 g/mol. The lowest BCUT2D eigenvalue weighted by molar-refractivity contribution is -0.143. The molecule has 3 nitrogen and oxygen atoms in total. The van der Waals surface area contributed by atoms with E-state index in [1.54, 1.807) is 0 Å². The van der Waals surface area contributed by atoms with E-state index in [-0.39, 0.29) is 5.92 Å². The van der Waals surface area contributed by atoms with Crippen molar-refractivity contribution in [3.63, 3.8) is 0 Å². The van der Waals surface area contributed by atoms with Crippen molar-refractivity contribution in [2.75, 3.05) is 20.1 Å². The van der Waals surface area contributed by atoms with Crippen LogP contribution in [0, 0.1) is 17.8 Å². The van der Waals surface area contributed by atoms with Crippen LogP contribution in [-0.4, -0.2) is 36.1 Å². The van der Waals surface area contributed by atoms with Crippen molar-refractivity contribution in [1.82, 2.24) is 4.90 Å². The summed E-state index contributed by atoms with van der Waals surface area (Å²) < 4.78 is 0. The molecule has 0 heterocycles. The predicted octanol–water partition coefficient (Wildman–Crippen LogP) is 2.86. The normalized spacial score (nSPS) is 25.5. The summed E-state index contributed by atoms with van der Waals surface area (Å²) in [6.45, 7) is 6.81. The Morgan fingerprint density at radius 2 is 1.88 bits per heavy atom. The van der Waals surface area contributed by atoms with Crippen LogP contribution < -0.4 is 0 Å². The first-order chi connectivity index (χ1) is 7.99. The Bertz CT molecular complexity index is 232. The Morgan fingerprint density at radius 1 is 1.29 bits per heavy atom. The first kappa shape index (κ1) is 14.5. The molecule has 0 saturated heterocycles. The van der Waals surface area contributed by atoms with Gasteiger partial charge in [-0.3, -0.25) is 4.79 Å². The molecule has 0 aromatic heterocycles. The Labute approximate surface area is 105 Å². The molecule has 100 valence electrons. The molecule has 0 aromatic rings. The number of carboxylic acid groups (broad SMARTS) is 1. The second-order valence-corrected chi connectivity index (χ2v) is 6.00. The molecule has 1 fully saturated rings. The van der Waals surface area contributed by atoms with E-state index < -0.39 is 5.97 Å². The molecule has 1 N–H and O–H groups in total. The Morgan fingerprint density at radius 3 is 2.35 bits per heavy atom. The van der Waals surface area contributed by atoms with E-state index >= 15 is 0 Å². The molecule has 17 heavy (non-hydrogen) atoms. The highest BCUT2D eigenvalue weighted by molar-refractivity contribution is 5.69. The van der Waals surface area contributed by atoms with Crippen molar-refractivity contribution in [2.45, 2.75) is 46.0 Å². The first-order valence-corrected chi connectivity index (χ1v) is 6.90. The van der Waals surface area contributed by atoms with Crippen molar-refractivity contribution in [1.29, 1.82) is 0 Å².